The molecule has 14 atom stereocenters. The monoisotopic (exact) mass is 1660 g/mol. The first kappa shape index (κ1) is 111. The maximum atomic E-state index is 5.99. The zero-order valence-corrected chi connectivity index (χ0v) is 86.3. The van der Waals surface area contributed by atoms with Crippen molar-refractivity contribution in [2.75, 3.05) is 99.1 Å². The highest BCUT2D eigenvalue weighted by atomic mass is 16.5. The standard InChI is InChI=1S/C13H24O.3C12H22O.C12H24O.C11H20O.C11H22O.C9H20O.C8H18O.C7H16O/c1-6-14-11-9-7-8-10(12(9,2)3)13(11,4)5;1-5-13-10-11(2,3)9-6-7-12(10,4)8-9;1-4-13-8-9-5-10-7-11(6-9)12(10,2)3;1-4-13-8-9-5-6-10-7-11(9)12(10,2)3;1-6-13-10-11(2,3)8-7-9-12(10,4)5;1-4-12-10-8-5-6-9(7-8)11(10,2)3;1-6-12-9-10(2,3)7-8-11(9,4)5;1-5-9(3,4)7-8-10-6-2;1-5-9-7-6-8(2,3)4;1-4-8-6-5-7(2)3/h9-11H,6-8H2,1-5H3;9-10H,5-8H2,1-4H3;2*9-11H,4-8H2,1-3H3;10H,6-9H2,1-5H3;8-10H,4-7H2,1-3H3;9H,6-8H2,1-5H3;5-8H2,1-4H3;5-7H2,1-4H3;7H,4-6H2,1-3H3. The Kier molecular flexibility index (Phi) is 46.1. The predicted octanol–water partition coefficient (Wildman–Crippen LogP) is 30.0. The second-order valence-corrected chi connectivity index (χ2v) is 48.1. The van der Waals surface area contributed by atoms with Gasteiger partial charge in [-0.1, -0.05) is 214 Å². The molecule has 0 spiro atoms. The number of fused-ring (bicyclic) bond motifs is 10. The summed E-state index contributed by atoms with van der Waals surface area (Å²) in [7, 11) is 0. The van der Waals surface area contributed by atoms with Crippen molar-refractivity contribution in [3.63, 3.8) is 0 Å². The fraction of sp³-hybridized carbons (Fsp3) is 1.00. The van der Waals surface area contributed by atoms with Crippen molar-refractivity contribution in [2.45, 2.75) is 448 Å². The molecular weight excluding hydrogens is 1450 g/mol. The Morgan fingerprint density at radius 3 is 1.19 bits per heavy atom. The Labute approximate surface area is 732 Å². The molecule has 0 amide bonds. The minimum absolute atomic E-state index is 0.359. The lowest BCUT2D eigenvalue weighted by Gasteiger charge is -2.60. The first-order chi connectivity index (χ1) is 54.1. The van der Waals surface area contributed by atoms with Crippen LogP contribution in [0, 0.1) is 141 Å². The minimum Gasteiger partial charge on any atom is -0.382 e. The lowest BCUT2D eigenvalue weighted by molar-refractivity contribution is -0.123. The van der Waals surface area contributed by atoms with E-state index in [1.54, 1.807) is 0 Å². The average molecular weight is 1660 g/mol. The molecule has 117 heavy (non-hydrogen) atoms. The zero-order chi connectivity index (χ0) is 89.3. The summed E-state index contributed by atoms with van der Waals surface area (Å²) in [6.07, 6.45) is 33.7. The summed E-state index contributed by atoms with van der Waals surface area (Å²) in [6.45, 7) is 102. The molecule has 14 fully saturated rings. The van der Waals surface area contributed by atoms with E-state index < -0.39 is 0 Å². The van der Waals surface area contributed by atoms with Crippen LogP contribution in [0.25, 0.3) is 0 Å². The van der Waals surface area contributed by atoms with Crippen LogP contribution in [0.1, 0.15) is 418 Å². The minimum atomic E-state index is 0.359. The molecular formula is C107H210O10. The third-order valence-electron chi connectivity index (χ3n) is 33.4. The Hall–Kier alpha value is -0.400. The van der Waals surface area contributed by atoms with Crippen molar-refractivity contribution >= 4 is 0 Å². The van der Waals surface area contributed by atoms with Gasteiger partial charge in [-0.3, -0.25) is 0 Å². The molecule has 0 aromatic heterocycles. The van der Waals surface area contributed by atoms with Gasteiger partial charge in [0.05, 0.1) is 30.5 Å². The number of rotatable bonds is 28. The van der Waals surface area contributed by atoms with Gasteiger partial charge >= 0.3 is 0 Å². The Bertz CT molecular complexity index is 2580. The molecule has 0 heterocycles. The zero-order valence-electron chi connectivity index (χ0n) is 86.3. The van der Waals surface area contributed by atoms with Gasteiger partial charge in [-0.15, -0.1) is 0 Å². The van der Waals surface area contributed by atoms with E-state index in [4.69, 9.17) is 47.4 Å². The maximum Gasteiger partial charge on any atom is 0.0682 e. The smallest absolute Gasteiger partial charge is 0.0682 e. The molecule has 0 saturated heterocycles. The second-order valence-electron chi connectivity index (χ2n) is 48.1. The molecule has 0 aromatic carbocycles. The number of hydrogen-bond donors (Lipinski definition) is 0. The largest absolute Gasteiger partial charge is 0.382 e. The molecule has 698 valence electrons. The predicted molar refractivity (Wildman–Crippen MR) is 504 cm³/mol. The molecule has 14 aliphatic rings. The van der Waals surface area contributed by atoms with E-state index in [9.17, 15) is 0 Å². The van der Waals surface area contributed by atoms with Crippen molar-refractivity contribution in [3.8, 4) is 0 Å². The van der Waals surface area contributed by atoms with Crippen LogP contribution in [-0.2, 0) is 47.4 Å². The number of ether oxygens (including phenoxy) is 10. The summed E-state index contributed by atoms with van der Waals surface area (Å²) in [5.41, 5.74) is 5.90. The molecule has 14 aliphatic carbocycles. The van der Waals surface area contributed by atoms with Crippen molar-refractivity contribution < 1.29 is 47.4 Å². The van der Waals surface area contributed by atoms with Crippen LogP contribution in [0.5, 0.6) is 0 Å². The van der Waals surface area contributed by atoms with Gasteiger partial charge in [0.2, 0.25) is 0 Å². The molecule has 0 N–H and O–H groups in total. The van der Waals surface area contributed by atoms with Gasteiger partial charge in [0.1, 0.15) is 0 Å². The summed E-state index contributed by atoms with van der Waals surface area (Å²) >= 11 is 0. The summed E-state index contributed by atoms with van der Waals surface area (Å²) in [5, 5.41) is 0. The summed E-state index contributed by atoms with van der Waals surface area (Å²) in [4.78, 5) is 0. The molecule has 0 radical (unpaired) electrons. The van der Waals surface area contributed by atoms with E-state index in [2.05, 4.69) is 249 Å². The van der Waals surface area contributed by atoms with Crippen LogP contribution < -0.4 is 0 Å². The van der Waals surface area contributed by atoms with Crippen molar-refractivity contribution in [2.24, 2.45) is 141 Å². The van der Waals surface area contributed by atoms with Crippen molar-refractivity contribution in [1.29, 1.82) is 0 Å². The third kappa shape index (κ3) is 31.5. The van der Waals surface area contributed by atoms with Crippen LogP contribution in [0.3, 0.4) is 0 Å². The van der Waals surface area contributed by atoms with Crippen LogP contribution in [-0.4, -0.2) is 130 Å². The highest BCUT2D eigenvalue weighted by molar-refractivity contribution is 5.13. The highest BCUT2D eigenvalue weighted by Gasteiger charge is 2.64. The molecule has 0 aliphatic heterocycles. The van der Waals surface area contributed by atoms with Gasteiger partial charge < -0.3 is 47.4 Å². The first-order valence-corrected chi connectivity index (χ1v) is 50.1. The molecule has 0 aromatic rings. The van der Waals surface area contributed by atoms with E-state index in [1.165, 1.54) is 141 Å². The van der Waals surface area contributed by atoms with E-state index >= 15 is 0 Å². The average Bonchev–Trinajstić information content (AvgIpc) is 1.61. The van der Waals surface area contributed by atoms with E-state index in [0.29, 0.717) is 101 Å². The summed E-state index contributed by atoms with van der Waals surface area (Å²) in [5.74, 6) is 10.9. The fourth-order valence-corrected chi connectivity index (χ4v) is 25.5. The van der Waals surface area contributed by atoms with Gasteiger partial charge in [0.15, 0.2) is 0 Å². The lowest BCUT2D eigenvalue weighted by atomic mass is 9.46. The Morgan fingerprint density at radius 2 is 0.786 bits per heavy atom. The molecule has 14 rings (SSSR count). The lowest BCUT2D eigenvalue weighted by Crippen LogP contribution is -2.53. The van der Waals surface area contributed by atoms with Gasteiger partial charge in [0.25, 0.3) is 0 Å². The van der Waals surface area contributed by atoms with Crippen LogP contribution in [0.2, 0.25) is 0 Å². The summed E-state index contributed by atoms with van der Waals surface area (Å²) in [6, 6.07) is 0. The second kappa shape index (κ2) is 48.7. The van der Waals surface area contributed by atoms with E-state index in [-0.39, 0.29) is 0 Å². The van der Waals surface area contributed by atoms with E-state index in [1.807, 2.05) is 20.8 Å². The highest BCUT2D eigenvalue weighted by Crippen LogP contribution is 2.68. The number of hydrogen-bond acceptors (Lipinski definition) is 10. The quantitative estimate of drug-likeness (QED) is 0.0705. The van der Waals surface area contributed by atoms with Gasteiger partial charge in [-0.25, -0.2) is 0 Å². The van der Waals surface area contributed by atoms with Crippen LogP contribution in [0.15, 0.2) is 0 Å². The normalized spacial score (nSPS) is 32.6. The van der Waals surface area contributed by atoms with Crippen LogP contribution in [0.4, 0.5) is 0 Å². The topological polar surface area (TPSA) is 92.3 Å². The summed E-state index contributed by atoms with van der Waals surface area (Å²) < 4.78 is 56.2. The molecule has 10 bridgehead atoms. The molecule has 14 unspecified atom stereocenters. The van der Waals surface area contributed by atoms with E-state index in [0.717, 1.165) is 177 Å². The Balaban J connectivity index is 0.000000338. The van der Waals surface area contributed by atoms with Gasteiger partial charge in [-0.05, 0) is 345 Å². The van der Waals surface area contributed by atoms with Crippen molar-refractivity contribution in [3.05, 3.63) is 0 Å². The maximum absolute atomic E-state index is 5.99. The fourth-order valence-electron chi connectivity index (χ4n) is 25.5. The van der Waals surface area contributed by atoms with Crippen LogP contribution >= 0.6 is 0 Å². The molecule has 10 heteroatoms. The third-order valence-corrected chi connectivity index (χ3v) is 33.4. The molecule has 14 saturated carbocycles. The van der Waals surface area contributed by atoms with Gasteiger partial charge in [0, 0.05) is 99.1 Å². The molecule has 10 nitrogen and oxygen atoms in total. The van der Waals surface area contributed by atoms with Gasteiger partial charge in [-0.2, -0.15) is 0 Å². The first-order valence-electron chi connectivity index (χ1n) is 50.1. The van der Waals surface area contributed by atoms with Crippen molar-refractivity contribution in [1.82, 2.24) is 0 Å². The SMILES string of the molecule is CCOC1C(C)(C)CCC1(C)C.CCOC1C(C)(C)CCCC1(C)C.CCOC1C2(C)CCC(C2)C1(C)C.CCOC1C2CCC(C2(C)C)C1(C)C.CCOC1C2CCC(C2)C1(C)C.CCOCC1CC2CC(C1)C2(C)C.CCOCC1CCC2CC1C2(C)C.CCOCCC(C)(C)C.CCOCCC(C)(C)CC.CCOCCC(C)C. The Morgan fingerprint density at radius 1 is 0.333 bits per heavy atom.